The Kier molecular flexibility index (Phi) is 5.41. The highest BCUT2D eigenvalue weighted by atomic mass is 19.1. The summed E-state index contributed by atoms with van der Waals surface area (Å²) in [5, 5.41) is 3.40. The average molecular weight is 278 g/mol. The molecule has 0 heterocycles. The topological polar surface area (TPSA) is 15.3 Å². The lowest BCUT2D eigenvalue weighted by atomic mass is 9.85. The summed E-state index contributed by atoms with van der Waals surface area (Å²) in [5.41, 5.74) is 1.84. The third kappa shape index (κ3) is 3.51. The van der Waals surface area contributed by atoms with E-state index in [4.69, 9.17) is 0 Å². The highest BCUT2D eigenvalue weighted by molar-refractivity contribution is 5.55. The van der Waals surface area contributed by atoms with Crippen molar-refractivity contribution in [1.29, 1.82) is 0 Å². The highest BCUT2D eigenvalue weighted by Crippen LogP contribution is 2.32. The lowest BCUT2D eigenvalue weighted by molar-refractivity contribution is 0.321. The van der Waals surface area contributed by atoms with Gasteiger partial charge in [-0.3, -0.25) is 0 Å². The first-order chi connectivity index (χ1) is 9.63. The molecule has 0 spiro atoms. The molecule has 1 fully saturated rings. The molecule has 2 nitrogen and oxygen atoms in total. The van der Waals surface area contributed by atoms with Gasteiger partial charge in [0.1, 0.15) is 5.82 Å². The van der Waals surface area contributed by atoms with Gasteiger partial charge in [0, 0.05) is 30.9 Å². The number of hydrogen-bond donors (Lipinski definition) is 1. The molecule has 20 heavy (non-hydrogen) atoms. The zero-order valence-electron chi connectivity index (χ0n) is 13.0. The second kappa shape index (κ2) is 7.07. The Balaban J connectivity index is 2.15. The predicted octanol–water partition coefficient (Wildman–Crippen LogP) is 4.12. The van der Waals surface area contributed by atoms with Gasteiger partial charge in [-0.2, -0.15) is 0 Å². The molecule has 1 aromatic carbocycles. The van der Waals surface area contributed by atoms with Crippen molar-refractivity contribution in [2.75, 3.05) is 25.0 Å². The predicted molar refractivity (Wildman–Crippen MR) is 83.7 cm³/mol. The van der Waals surface area contributed by atoms with Gasteiger partial charge in [-0.25, -0.2) is 4.39 Å². The van der Waals surface area contributed by atoms with Crippen molar-refractivity contribution in [3.63, 3.8) is 0 Å². The number of halogens is 1. The van der Waals surface area contributed by atoms with E-state index < -0.39 is 0 Å². The molecule has 0 amide bonds. The van der Waals surface area contributed by atoms with Crippen LogP contribution in [-0.2, 0) is 0 Å². The molecule has 0 radical (unpaired) electrons. The Morgan fingerprint density at radius 2 is 2.15 bits per heavy atom. The van der Waals surface area contributed by atoms with Crippen molar-refractivity contribution in [2.24, 2.45) is 5.92 Å². The van der Waals surface area contributed by atoms with Crippen molar-refractivity contribution < 1.29 is 4.39 Å². The van der Waals surface area contributed by atoms with Crippen LogP contribution >= 0.6 is 0 Å². The van der Waals surface area contributed by atoms with E-state index in [-0.39, 0.29) is 11.9 Å². The van der Waals surface area contributed by atoms with Crippen LogP contribution in [0.1, 0.15) is 51.1 Å². The van der Waals surface area contributed by atoms with Gasteiger partial charge < -0.3 is 10.2 Å². The zero-order chi connectivity index (χ0) is 14.5. The van der Waals surface area contributed by atoms with Crippen molar-refractivity contribution in [2.45, 2.75) is 45.6 Å². The van der Waals surface area contributed by atoms with Crippen molar-refractivity contribution in [1.82, 2.24) is 5.32 Å². The summed E-state index contributed by atoms with van der Waals surface area (Å²) in [6.07, 6.45) is 5.05. The molecule has 0 aromatic heterocycles. The second-order valence-corrected chi connectivity index (χ2v) is 6.03. The van der Waals surface area contributed by atoms with E-state index in [2.05, 4.69) is 31.1 Å². The summed E-state index contributed by atoms with van der Waals surface area (Å²) >= 11 is 0. The van der Waals surface area contributed by atoms with Crippen LogP contribution < -0.4 is 10.2 Å². The molecule has 1 N–H and O–H groups in total. The zero-order valence-corrected chi connectivity index (χ0v) is 13.0. The fourth-order valence-electron chi connectivity index (χ4n) is 2.91. The number of rotatable bonds is 7. The monoisotopic (exact) mass is 278 g/mol. The lowest BCUT2D eigenvalue weighted by Gasteiger charge is -2.33. The lowest BCUT2D eigenvalue weighted by Crippen LogP contribution is -2.31. The van der Waals surface area contributed by atoms with Crippen molar-refractivity contribution in [3.05, 3.63) is 29.6 Å². The molecule has 1 atom stereocenters. The number of nitrogens with zero attached hydrogens (tertiary/aromatic N) is 1. The summed E-state index contributed by atoms with van der Waals surface area (Å²) in [6.45, 7) is 6.14. The van der Waals surface area contributed by atoms with Crippen LogP contribution in [-0.4, -0.2) is 20.1 Å². The molecule has 1 saturated carbocycles. The fraction of sp³-hybridized carbons (Fsp3) is 0.647. The van der Waals surface area contributed by atoms with Gasteiger partial charge in [0.05, 0.1) is 0 Å². The maximum absolute atomic E-state index is 14.3. The summed E-state index contributed by atoms with van der Waals surface area (Å²) in [5.74, 6) is 0.689. The van der Waals surface area contributed by atoms with Crippen LogP contribution in [0.3, 0.4) is 0 Å². The number of anilines is 1. The minimum Gasteiger partial charge on any atom is -0.374 e. The van der Waals surface area contributed by atoms with Crippen LogP contribution in [0.15, 0.2) is 18.2 Å². The quantitative estimate of drug-likeness (QED) is 0.807. The summed E-state index contributed by atoms with van der Waals surface area (Å²) < 4.78 is 14.3. The first-order valence-corrected chi connectivity index (χ1v) is 7.86. The molecule has 3 heteroatoms. The molecular weight excluding hydrogens is 251 g/mol. The third-order valence-electron chi connectivity index (χ3n) is 4.33. The van der Waals surface area contributed by atoms with Crippen LogP contribution in [0.25, 0.3) is 0 Å². The van der Waals surface area contributed by atoms with E-state index in [1.807, 2.05) is 12.1 Å². The van der Waals surface area contributed by atoms with Crippen molar-refractivity contribution in [3.8, 4) is 0 Å². The number of hydrogen-bond acceptors (Lipinski definition) is 2. The molecule has 112 valence electrons. The van der Waals surface area contributed by atoms with Gasteiger partial charge in [-0.1, -0.05) is 19.4 Å². The Morgan fingerprint density at radius 3 is 2.75 bits per heavy atom. The van der Waals surface area contributed by atoms with Gasteiger partial charge in [0.15, 0.2) is 0 Å². The van der Waals surface area contributed by atoms with E-state index in [0.29, 0.717) is 0 Å². The van der Waals surface area contributed by atoms with Gasteiger partial charge >= 0.3 is 0 Å². The maximum Gasteiger partial charge on any atom is 0.130 e. The van der Waals surface area contributed by atoms with E-state index in [1.54, 1.807) is 6.07 Å². The van der Waals surface area contributed by atoms with Gasteiger partial charge in [0.2, 0.25) is 0 Å². The average Bonchev–Trinajstić information content (AvgIpc) is 2.39. The van der Waals surface area contributed by atoms with Crippen LogP contribution in [0.5, 0.6) is 0 Å². The largest absolute Gasteiger partial charge is 0.374 e. The van der Waals surface area contributed by atoms with Gasteiger partial charge in [-0.05, 0) is 50.8 Å². The summed E-state index contributed by atoms with van der Waals surface area (Å²) in [7, 11) is 2.09. The Labute approximate surface area is 122 Å². The fourth-order valence-corrected chi connectivity index (χ4v) is 2.91. The van der Waals surface area contributed by atoms with E-state index in [9.17, 15) is 4.39 Å². The van der Waals surface area contributed by atoms with E-state index >= 15 is 0 Å². The Hall–Kier alpha value is -1.09. The third-order valence-corrected chi connectivity index (χ3v) is 4.33. The second-order valence-electron chi connectivity index (χ2n) is 6.03. The van der Waals surface area contributed by atoms with Crippen molar-refractivity contribution >= 4 is 5.69 Å². The molecular formula is C17H27FN2. The number of nitrogens with one attached hydrogen (secondary N) is 1. The molecule has 0 aliphatic heterocycles. The molecule has 1 aliphatic carbocycles. The summed E-state index contributed by atoms with van der Waals surface area (Å²) in [6, 6.07) is 5.48. The molecule has 0 saturated heterocycles. The van der Waals surface area contributed by atoms with Crippen LogP contribution in [0.4, 0.5) is 10.1 Å². The SMILES string of the molecule is CCCNC(C)c1c(F)cccc1N(C)CC1CCC1. The van der Waals surface area contributed by atoms with Crippen LogP contribution in [0.2, 0.25) is 0 Å². The molecule has 1 aliphatic rings. The molecule has 2 rings (SSSR count). The van der Waals surface area contributed by atoms with E-state index in [1.165, 1.54) is 19.3 Å². The van der Waals surface area contributed by atoms with Gasteiger partial charge in [0.25, 0.3) is 0 Å². The van der Waals surface area contributed by atoms with Gasteiger partial charge in [-0.15, -0.1) is 0 Å². The standard InChI is InChI=1S/C17H27FN2/c1-4-11-19-13(2)17-15(18)9-6-10-16(17)20(3)12-14-7-5-8-14/h6,9-10,13-14,19H,4-5,7-8,11-12H2,1-3H3. The highest BCUT2D eigenvalue weighted by Gasteiger charge is 2.22. The Bertz CT molecular complexity index is 429. The maximum atomic E-state index is 14.3. The van der Waals surface area contributed by atoms with E-state index in [0.717, 1.165) is 36.7 Å². The number of benzene rings is 1. The minimum atomic E-state index is -0.0981. The summed E-state index contributed by atoms with van der Waals surface area (Å²) in [4.78, 5) is 2.23. The Morgan fingerprint density at radius 1 is 1.40 bits per heavy atom. The molecule has 1 unspecified atom stereocenters. The molecule has 0 bridgehead atoms. The smallest absolute Gasteiger partial charge is 0.130 e. The molecule has 1 aromatic rings. The first-order valence-electron chi connectivity index (χ1n) is 7.86. The normalized spacial score (nSPS) is 16.8. The minimum absolute atomic E-state index is 0.0509. The first kappa shape index (κ1) is 15.3. The van der Waals surface area contributed by atoms with Crippen LogP contribution in [0, 0.1) is 11.7 Å².